The third-order valence-corrected chi connectivity index (χ3v) is 12.7. The van der Waals surface area contributed by atoms with Gasteiger partial charge >= 0.3 is 0 Å². The van der Waals surface area contributed by atoms with E-state index in [9.17, 15) is 15.0 Å². The molecular formula is C66H65N9O4. The van der Waals surface area contributed by atoms with Crippen LogP contribution in [0.15, 0.2) is 215 Å². The molecule has 0 aliphatic heterocycles. The molecule has 0 atom stereocenters. The van der Waals surface area contributed by atoms with Gasteiger partial charge in [0.15, 0.2) is 5.75 Å². The summed E-state index contributed by atoms with van der Waals surface area (Å²) >= 11 is 0. The normalized spacial score (nSPS) is 10.9. The van der Waals surface area contributed by atoms with E-state index in [1.54, 1.807) is 18.2 Å². The number of nitrogens with zero attached hydrogens (tertiary/aromatic N) is 4. The van der Waals surface area contributed by atoms with Gasteiger partial charge in [-0.25, -0.2) is 0 Å². The number of benzene rings is 10. The average Bonchev–Trinajstić information content (AvgIpc) is 4.32. The van der Waals surface area contributed by atoms with Crippen molar-refractivity contribution in [2.75, 3.05) is 23.2 Å². The smallest absolute Gasteiger partial charge is 0.259 e. The van der Waals surface area contributed by atoms with Gasteiger partial charge in [0, 0.05) is 67.3 Å². The Morgan fingerprint density at radius 3 is 1.49 bits per heavy atom. The topological polar surface area (TPSA) is 184 Å². The highest BCUT2D eigenvalue weighted by Gasteiger charge is 2.22. The molecule has 0 radical (unpaired) electrons. The van der Waals surface area contributed by atoms with Gasteiger partial charge in [0.1, 0.15) is 23.7 Å². The molecule has 13 nitrogen and oxygen atoms in total. The third-order valence-electron chi connectivity index (χ3n) is 12.7. The Bertz CT molecular complexity index is 4060. The Balaban J connectivity index is 0.000000190. The fourth-order valence-electron chi connectivity index (χ4n) is 9.04. The summed E-state index contributed by atoms with van der Waals surface area (Å²) in [4.78, 5) is 25.9. The van der Waals surface area contributed by atoms with Crippen molar-refractivity contribution in [2.24, 2.45) is 20.5 Å². The Hall–Kier alpha value is -9.85. The second kappa shape index (κ2) is 26.3. The number of rotatable bonds is 11. The number of amides is 1. The molecule has 0 unspecified atom stereocenters. The monoisotopic (exact) mass is 1050 g/mol. The largest absolute Gasteiger partial charge is 0.505 e. The quantitative estimate of drug-likeness (QED) is 0.0499. The minimum absolute atomic E-state index is 0.0316. The van der Waals surface area contributed by atoms with E-state index in [2.05, 4.69) is 64.7 Å². The molecule has 2 heterocycles. The minimum Gasteiger partial charge on any atom is -0.505 e. The number of fused-ring (bicyclic) bond motifs is 10. The molecule has 12 aromatic rings. The lowest BCUT2D eigenvalue weighted by atomic mass is 10.00. The van der Waals surface area contributed by atoms with Crippen LogP contribution in [0, 0.1) is 6.92 Å². The molecular weight excluding hydrogens is 983 g/mol. The molecule has 0 fully saturated rings. The number of carbonyl (C=O) groups is 1. The summed E-state index contributed by atoms with van der Waals surface area (Å²) in [6.07, 6.45) is 0. The molecule has 0 bridgehead atoms. The first kappa shape index (κ1) is 55.4. The fraction of sp³-hybridized carbons (Fsp3) is 0.136. The Morgan fingerprint density at radius 1 is 0.494 bits per heavy atom. The number of aryl methyl sites for hydroxylation is 1. The van der Waals surface area contributed by atoms with Crippen LogP contribution in [0.3, 0.4) is 0 Å². The first-order valence-electron chi connectivity index (χ1n) is 26.6. The van der Waals surface area contributed by atoms with E-state index >= 15 is 0 Å². The van der Waals surface area contributed by atoms with Crippen LogP contribution in [0.5, 0.6) is 11.5 Å². The van der Waals surface area contributed by atoms with Gasteiger partial charge in [-0.1, -0.05) is 156 Å². The van der Waals surface area contributed by atoms with Crippen LogP contribution in [0.2, 0.25) is 0 Å². The molecule has 1 amide bonds. The van der Waals surface area contributed by atoms with Gasteiger partial charge in [-0.3, -0.25) is 15.1 Å². The molecule has 0 aliphatic carbocycles. The number of phenols is 2. The predicted octanol–water partition coefficient (Wildman–Crippen LogP) is 19.4. The highest BCUT2D eigenvalue weighted by Crippen LogP contribution is 2.46. The maximum absolute atomic E-state index is 13.2. The van der Waals surface area contributed by atoms with E-state index in [4.69, 9.17) is 4.84 Å². The molecule has 13 heteroatoms. The number of anilines is 3. The Labute approximate surface area is 459 Å². The lowest BCUT2D eigenvalue weighted by molar-refractivity contribution is 0.102. The molecule has 12 rings (SSSR count). The second-order valence-electron chi connectivity index (χ2n) is 17.5. The zero-order valence-corrected chi connectivity index (χ0v) is 45.7. The van der Waals surface area contributed by atoms with Gasteiger partial charge in [0.2, 0.25) is 0 Å². The van der Waals surface area contributed by atoms with E-state index in [1.807, 2.05) is 213 Å². The fourth-order valence-corrected chi connectivity index (χ4v) is 9.04. The maximum Gasteiger partial charge on any atom is 0.259 e. The molecule has 7 N–H and O–H groups in total. The average molecular weight is 1050 g/mol. The summed E-state index contributed by atoms with van der Waals surface area (Å²) in [5.74, 6) is -0.619. The van der Waals surface area contributed by atoms with Crippen molar-refractivity contribution in [1.29, 1.82) is 0 Å². The van der Waals surface area contributed by atoms with Gasteiger partial charge in [0.05, 0.1) is 33.7 Å². The van der Waals surface area contributed by atoms with E-state index in [1.165, 1.54) is 0 Å². The Kier molecular flexibility index (Phi) is 18.4. The molecule has 79 heavy (non-hydrogen) atoms. The summed E-state index contributed by atoms with van der Waals surface area (Å²) in [7, 11) is 1.87. The van der Waals surface area contributed by atoms with Crippen LogP contribution >= 0.6 is 0 Å². The van der Waals surface area contributed by atoms with Gasteiger partial charge < -0.3 is 30.8 Å². The number of carbonyl (C=O) groups excluding carboxylic acids is 1. The zero-order chi connectivity index (χ0) is 55.8. The van der Waals surface area contributed by atoms with Gasteiger partial charge in [0.25, 0.3) is 5.91 Å². The van der Waals surface area contributed by atoms with E-state index in [0.29, 0.717) is 33.7 Å². The van der Waals surface area contributed by atoms with Crippen molar-refractivity contribution in [3.05, 3.63) is 211 Å². The minimum atomic E-state index is -0.427. The van der Waals surface area contributed by atoms with Gasteiger partial charge in [-0.05, 0) is 103 Å². The molecule has 0 saturated heterocycles. The number of aromatic hydroxyl groups is 2. The number of aromatic amines is 2. The number of hydrogen-bond donors (Lipinski definition) is 7. The molecule has 0 saturated carbocycles. The number of phenolic OH excluding ortho intramolecular Hbond substituents is 2. The first-order chi connectivity index (χ1) is 38.8. The zero-order valence-electron chi connectivity index (χ0n) is 45.7. The summed E-state index contributed by atoms with van der Waals surface area (Å²) in [6.45, 7) is 14.1. The van der Waals surface area contributed by atoms with E-state index < -0.39 is 5.91 Å². The molecule has 0 spiro atoms. The SMILES string of the molecule is CC.CC.CC.CNc1ccc(N=Nc2c(O)c(CONc3ccccc3)cc3ccc4c5ccccc5[nH]c4c23)cc1.Cc1ccc(N=Nc2c(O)c(C(=O)Nc3ccccc3)cc3ccc4c5ccccc5[nH]c4c23)cc1. The molecule has 0 aliphatic rings. The van der Waals surface area contributed by atoms with Crippen molar-refractivity contribution in [3.8, 4) is 11.5 Å². The van der Waals surface area contributed by atoms with Crippen LogP contribution in [-0.2, 0) is 11.4 Å². The standard InChI is InChI=1S/C30H25N5O2.C30H22N4O2.3C2H6/c1-31-21-12-14-22(15-13-21)33-34-29-27-19(11-16-25-24-9-5-6-10-26(24)32-28(25)27)17-20(30(29)36)18-37-35-23-7-3-2-4-8-23;1-18-11-14-21(15-12-18)33-34-28-26-19(13-16-23-22-9-5-6-10-25(22)32-27(23)26)17-24(29(28)35)30(36)31-20-7-3-2-4-8-20;3*1-2/h2-17,31-32,35-36H,18H2,1H3;2-17,32,35H,1H3,(H,31,36);3*1-2H3. The van der Waals surface area contributed by atoms with Crippen LogP contribution < -0.4 is 16.1 Å². The second-order valence-corrected chi connectivity index (χ2v) is 17.5. The lowest BCUT2D eigenvalue weighted by Gasteiger charge is -2.13. The summed E-state index contributed by atoms with van der Waals surface area (Å²) in [5, 5.41) is 54.1. The van der Waals surface area contributed by atoms with E-state index in [0.717, 1.165) is 76.7 Å². The molecule has 10 aromatic carbocycles. The summed E-state index contributed by atoms with van der Waals surface area (Å²) in [5.41, 5.74) is 12.9. The van der Waals surface area contributed by atoms with Crippen molar-refractivity contribution >= 4 is 111 Å². The highest BCUT2D eigenvalue weighted by molar-refractivity contribution is 6.23. The van der Waals surface area contributed by atoms with Gasteiger partial charge in [-0.2, -0.15) is 10.2 Å². The highest BCUT2D eigenvalue weighted by atomic mass is 16.6. The van der Waals surface area contributed by atoms with Crippen LogP contribution in [0.25, 0.3) is 65.2 Å². The lowest BCUT2D eigenvalue weighted by Crippen LogP contribution is -2.12. The number of azo groups is 2. The number of aromatic nitrogens is 2. The predicted molar refractivity (Wildman–Crippen MR) is 329 cm³/mol. The van der Waals surface area contributed by atoms with Crippen molar-refractivity contribution in [1.82, 2.24) is 9.97 Å². The summed E-state index contributed by atoms with van der Waals surface area (Å²) < 4.78 is 0. The number of nitrogens with one attached hydrogen (secondary N) is 5. The maximum atomic E-state index is 13.2. The van der Waals surface area contributed by atoms with Crippen molar-refractivity contribution in [3.63, 3.8) is 0 Å². The number of para-hydroxylation sites is 4. The number of hydrogen-bond acceptors (Lipinski definition) is 10. The third kappa shape index (κ3) is 12.2. The van der Waals surface area contributed by atoms with E-state index in [-0.39, 0.29) is 29.4 Å². The van der Waals surface area contributed by atoms with Crippen molar-refractivity contribution < 1.29 is 19.8 Å². The van der Waals surface area contributed by atoms with Crippen LogP contribution in [0.4, 0.5) is 39.8 Å². The van der Waals surface area contributed by atoms with Crippen LogP contribution in [0.1, 0.15) is 63.0 Å². The Morgan fingerprint density at radius 2 is 0.962 bits per heavy atom. The summed E-state index contributed by atoms with van der Waals surface area (Å²) in [6, 6.07) is 61.9. The first-order valence-corrected chi connectivity index (χ1v) is 26.6. The molecule has 2 aromatic heterocycles. The molecule has 398 valence electrons. The van der Waals surface area contributed by atoms with Crippen molar-refractivity contribution in [2.45, 2.75) is 55.1 Å². The number of H-pyrrole nitrogens is 2. The van der Waals surface area contributed by atoms with Crippen LogP contribution in [-0.4, -0.2) is 33.1 Å². The van der Waals surface area contributed by atoms with Gasteiger partial charge in [-0.15, -0.1) is 10.2 Å².